The summed E-state index contributed by atoms with van der Waals surface area (Å²) in [5, 5.41) is 7.86. The molecule has 0 spiro atoms. The summed E-state index contributed by atoms with van der Waals surface area (Å²) < 4.78 is 65.8. The second kappa shape index (κ2) is 10.4. The van der Waals surface area contributed by atoms with Crippen molar-refractivity contribution in [2.75, 3.05) is 25.2 Å². The number of carbonyl (C=O) groups is 1. The molecular weight excluding hydrogens is 459 g/mol. The number of alkyl halides is 3. The summed E-state index contributed by atoms with van der Waals surface area (Å²) in [5.74, 6) is 0.236. The number of nitrogens with one attached hydrogen (secondary N) is 1. The third kappa shape index (κ3) is 6.46. The summed E-state index contributed by atoms with van der Waals surface area (Å²) in [7, 11) is -0.603. The van der Waals surface area contributed by atoms with Crippen LogP contribution in [0, 0.1) is 0 Å². The Morgan fingerprint density at radius 3 is 2.18 bits per heavy atom. The van der Waals surface area contributed by atoms with Gasteiger partial charge in [-0.1, -0.05) is 30.3 Å². The van der Waals surface area contributed by atoms with Crippen LogP contribution in [0.4, 0.5) is 24.5 Å². The highest BCUT2D eigenvalue weighted by Gasteiger charge is 2.33. The van der Waals surface area contributed by atoms with Crippen LogP contribution in [-0.4, -0.2) is 28.9 Å². The Kier molecular flexibility index (Phi) is 8.07. The number of sulfonamides is 1. The number of aldehydes is 1. The van der Waals surface area contributed by atoms with Gasteiger partial charge in [0.15, 0.2) is 0 Å². The van der Waals surface area contributed by atoms with Gasteiger partial charge in [-0.05, 0) is 29.8 Å². The summed E-state index contributed by atoms with van der Waals surface area (Å²) in [5.41, 5.74) is 6.46. The standard InChI is InChI=1S/C14H10F3NO.C8H12N2O3S/c15-14(16,17)12-4-2-1-3-10(12)11-6-5-9(8-19)7-13(11)18;1-10-6-3-4-8(14(9,11)12)7(5-6)13-2/h1-8H,18H2;3-5,10H,1-2H3,(H2,9,11,12). The maximum Gasteiger partial charge on any atom is 0.417 e. The smallest absolute Gasteiger partial charge is 0.417 e. The fourth-order valence-electron chi connectivity index (χ4n) is 2.92. The molecule has 7 nitrogen and oxygen atoms in total. The lowest BCUT2D eigenvalue weighted by atomic mass is 9.97. The quantitative estimate of drug-likeness (QED) is 0.371. The number of halogens is 3. The van der Waals surface area contributed by atoms with E-state index < -0.39 is 21.8 Å². The predicted molar refractivity (Wildman–Crippen MR) is 121 cm³/mol. The van der Waals surface area contributed by atoms with E-state index in [0.717, 1.165) is 11.8 Å². The summed E-state index contributed by atoms with van der Waals surface area (Å²) >= 11 is 0. The number of ether oxygens (including phenoxy) is 1. The highest BCUT2D eigenvalue weighted by Crippen LogP contribution is 2.38. The van der Waals surface area contributed by atoms with Gasteiger partial charge in [-0.2, -0.15) is 13.2 Å². The molecule has 0 aliphatic carbocycles. The molecule has 0 heterocycles. The van der Waals surface area contributed by atoms with Crippen LogP contribution in [0.15, 0.2) is 65.6 Å². The first-order valence-corrected chi connectivity index (χ1v) is 10.9. The molecule has 0 aromatic heterocycles. The molecule has 11 heteroatoms. The molecule has 0 amide bonds. The second-order valence-electron chi connectivity index (χ2n) is 6.67. The van der Waals surface area contributed by atoms with Crippen molar-refractivity contribution in [1.29, 1.82) is 0 Å². The molecule has 0 atom stereocenters. The van der Waals surface area contributed by atoms with Crippen molar-refractivity contribution in [2.45, 2.75) is 11.1 Å². The lowest BCUT2D eigenvalue weighted by Crippen LogP contribution is -2.13. The lowest BCUT2D eigenvalue weighted by Gasteiger charge is -2.14. The van der Waals surface area contributed by atoms with E-state index in [2.05, 4.69) is 5.32 Å². The molecule has 0 aliphatic rings. The average Bonchev–Trinajstić information content (AvgIpc) is 2.77. The van der Waals surface area contributed by atoms with Crippen molar-refractivity contribution >= 4 is 27.7 Å². The van der Waals surface area contributed by atoms with Crippen molar-refractivity contribution in [1.82, 2.24) is 0 Å². The van der Waals surface area contributed by atoms with Gasteiger partial charge in [-0.25, -0.2) is 13.6 Å². The van der Waals surface area contributed by atoms with E-state index in [1.165, 1.54) is 49.6 Å². The number of hydrogen-bond acceptors (Lipinski definition) is 6. The third-order valence-electron chi connectivity index (χ3n) is 4.49. The Morgan fingerprint density at radius 1 is 1.00 bits per heavy atom. The predicted octanol–water partition coefficient (Wildman–Crippen LogP) is 4.15. The number of rotatable bonds is 5. The molecule has 0 aliphatic heterocycles. The van der Waals surface area contributed by atoms with E-state index in [1.54, 1.807) is 19.2 Å². The highest BCUT2D eigenvalue weighted by molar-refractivity contribution is 7.89. The van der Waals surface area contributed by atoms with Gasteiger partial charge in [-0.3, -0.25) is 4.79 Å². The average molecular weight is 481 g/mol. The first kappa shape index (κ1) is 25.7. The number of benzene rings is 3. The minimum absolute atomic E-state index is 0.00458. The Balaban J connectivity index is 0.000000245. The first-order chi connectivity index (χ1) is 15.4. The zero-order valence-corrected chi connectivity index (χ0v) is 18.5. The molecule has 5 N–H and O–H groups in total. The monoisotopic (exact) mass is 481 g/mol. The molecule has 0 unspecified atom stereocenters. The molecule has 3 rings (SSSR count). The van der Waals surface area contributed by atoms with Gasteiger partial charge < -0.3 is 15.8 Å². The molecule has 0 bridgehead atoms. The van der Waals surface area contributed by atoms with E-state index in [9.17, 15) is 26.4 Å². The maximum atomic E-state index is 12.9. The second-order valence-corrected chi connectivity index (χ2v) is 8.20. The van der Waals surface area contributed by atoms with Gasteiger partial charge >= 0.3 is 6.18 Å². The lowest BCUT2D eigenvalue weighted by molar-refractivity contribution is -0.137. The van der Waals surface area contributed by atoms with E-state index in [-0.39, 0.29) is 27.5 Å². The summed E-state index contributed by atoms with van der Waals surface area (Å²) in [6.45, 7) is 0. The fraction of sp³-hybridized carbons (Fsp3) is 0.136. The van der Waals surface area contributed by atoms with Crippen LogP contribution < -0.4 is 20.9 Å². The van der Waals surface area contributed by atoms with Crippen LogP contribution in [0.3, 0.4) is 0 Å². The molecule has 0 radical (unpaired) electrons. The van der Waals surface area contributed by atoms with E-state index in [0.29, 0.717) is 11.8 Å². The Bertz CT molecular complexity index is 1250. The number of primary sulfonamides is 1. The summed E-state index contributed by atoms with van der Waals surface area (Å²) in [6.07, 6.45) is -3.86. The van der Waals surface area contributed by atoms with Gasteiger partial charge in [0.2, 0.25) is 10.0 Å². The molecular formula is C22H22F3N3O4S. The molecule has 0 saturated heterocycles. The molecule has 0 fully saturated rings. The largest absolute Gasteiger partial charge is 0.495 e. The van der Waals surface area contributed by atoms with Crippen molar-refractivity contribution in [2.24, 2.45) is 5.14 Å². The van der Waals surface area contributed by atoms with Gasteiger partial charge in [0.1, 0.15) is 16.9 Å². The number of hydrogen-bond donors (Lipinski definition) is 3. The molecule has 0 saturated carbocycles. The number of anilines is 2. The maximum absolute atomic E-state index is 12.9. The van der Waals surface area contributed by atoms with Gasteiger partial charge in [-0.15, -0.1) is 0 Å². The zero-order chi connectivity index (χ0) is 24.8. The Hall–Kier alpha value is -3.57. The van der Waals surface area contributed by atoms with Crippen LogP contribution >= 0.6 is 0 Å². The van der Waals surface area contributed by atoms with Crippen LogP contribution in [0.2, 0.25) is 0 Å². The SMILES string of the molecule is CNc1ccc(S(N)(=O)=O)c(OC)c1.Nc1cc(C=O)ccc1-c1ccccc1C(F)(F)F. The fourth-order valence-corrected chi connectivity index (χ4v) is 3.60. The van der Waals surface area contributed by atoms with Crippen molar-refractivity contribution in [3.63, 3.8) is 0 Å². The minimum Gasteiger partial charge on any atom is -0.495 e. The first-order valence-electron chi connectivity index (χ1n) is 9.32. The molecule has 176 valence electrons. The van der Waals surface area contributed by atoms with E-state index in [1.807, 2.05) is 0 Å². The topological polar surface area (TPSA) is 125 Å². The zero-order valence-electron chi connectivity index (χ0n) is 17.7. The Labute approximate surface area is 189 Å². The molecule has 3 aromatic rings. The normalized spacial score (nSPS) is 11.2. The van der Waals surface area contributed by atoms with Gasteiger partial charge in [0.05, 0.1) is 12.7 Å². The van der Waals surface area contributed by atoms with Crippen molar-refractivity contribution in [3.05, 3.63) is 71.8 Å². The summed E-state index contributed by atoms with van der Waals surface area (Å²) in [6, 6.07) is 14.0. The van der Waals surface area contributed by atoms with E-state index in [4.69, 9.17) is 15.6 Å². The van der Waals surface area contributed by atoms with Crippen LogP contribution in [0.25, 0.3) is 11.1 Å². The number of carbonyl (C=O) groups excluding carboxylic acids is 1. The van der Waals surface area contributed by atoms with Crippen LogP contribution in [-0.2, 0) is 16.2 Å². The van der Waals surface area contributed by atoms with Crippen LogP contribution in [0.5, 0.6) is 5.75 Å². The van der Waals surface area contributed by atoms with Gasteiger partial charge in [0, 0.05) is 35.6 Å². The van der Waals surface area contributed by atoms with Crippen LogP contribution in [0.1, 0.15) is 15.9 Å². The number of nitrogens with two attached hydrogens (primary N) is 2. The highest BCUT2D eigenvalue weighted by atomic mass is 32.2. The summed E-state index contributed by atoms with van der Waals surface area (Å²) in [4.78, 5) is 10.6. The number of methoxy groups -OCH3 is 1. The number of nitrogen functional groups attached to an aromatic ring is 1. The third-order valence-corrected chi connectivity index (χ3v) is 5.44. The van der Waals surface area contributed by atoms with Crippen molar-refractivity contribution < 1.29 is 31.1 Å². The van der Waals surface area contributed by atoms with E-state index >= 15 is 0 Å². The molecule has 33 heavy (non-hydrogen) atoms. The molecule has 3 aromatic carbocycles. The minimum atomic E-state index is -4.45. The van der Waals surface area contributed by atoms with Crippen molar-refractivity contribution in [3.8, 4) is 16.9 Å². The van der Waals surface area contributed by atoms with Gasteiger partial charge in [0.25, 0.3) is 0 Å². The Morgan fingerprint density at radius 2 is 1.67 bits per heavy atom.